The number of hydrogen-bond donors (Lipinski definition) is 1. The van der Waals surface area contributed by atoms with E-state index in [9.17, 15) is 9.59 Å². The molecule has 178 valence electrons. The first-order valence-corrected chi connectivity index (χ1v) is 12.1. The second-order valence-electron chi connectivity index (χ2n) is 8.80. The number of carbonyl (C=O) groups excluding carboxylic acids is 2. The molecule has 4 nitrogen and oxygen atoms in total. The van der Waals surface area contributed by atoms with E-state index in [0.29, 0.717) is 23.0 Å². The summed E-state index contributed by atoms with van der Waals surface area (Å²) in [6.45, 7) is 6.17. The van der Waals surface area contributed by atoms with Gasteiger partial charge in [0.1, 0.15) is 6.04 Å². The topological polar surface area (TPSA) is 49.4 Å². The molecular formula is C28H30Cl2N2O2. The molecule has 1 atom stereocenters. The average Bonchev–Trinajstić information content (AvgIpc) is 2.79. The number of benzene rings is 3. The first kappa shape index (κ1) is 25.8. The molecule has 2 amide bonds. The van der Waals surface area contributed by atoms with Gasteiger partial charge in [0, 0.05) is 19.0 Å². The second-order valence-corrected chi connectivity index (χ2v) is 9.62. The lowest BCUT2D eigenvalue weighted by atomic mass is 10.0. The van der Waals surface area contributed by atoms with E-state index in [1.54, 1.807) is 23.1 Å². The Morgan fingerprint density at radius 2 is 1.56 bits per heavy atom. The minimum atomic E-state index is -0.666. The maximum Gasteiger partial charge on any atom is 0.243 e. The van der Waals surface area contributed by atoms with Gasteiger partial charge < -0.3 is 10.2 Å². The normalized spacial score (nSPS) is 11.8. The second kappa shape index (κ2) is 12.0. The molecule has 0 radical (unpaired) electrons. The van der Waals surface area contributed by atoms with Crippen LogP contribution in [0, 0.1) is 6.92 Å². The van der Waals surface area contributed by atoms with Gasteiger partial charge in [0.25, 0.3) is 0 Å². The average molecular weight is 497 g/mol. The molecule has 3 rings (SSSR count). The van der Waals surface area contributed by atoms with Gasteiger partial charge in [-0.3, -0.25) is 9.59 Å². The highest BCUT2D eigenvalue weighted by Gasteiger charge is 2.30. The summed E-state index contributed by atoms with van der Waals surface area (Å²) in [5.74, 6) is -0.325. The molecule has 1 N–H and O–H groups in total. The minimum Gasteiger partial charge on any atom is -0.352 e. The van der Waals surface area contributed by atoms with Crippen molar-refractivity contribution in [2.24, 2.45) is 0 Å². The molecule has 3 aromatic rings. The van der Waals surface area contributed by atoms with Crippen molar-refractivity contribution in [3.8, 4) is 0 Å². The SMILES string of the molecule is Cc1cccc(CN(C(=O)Cc2ccc(Cl)c(Cl)c2)C(Cc2ccccc2)C(=O)NC(C)C)c1. The molecule has 0 aliphatic carbocycles. The molecule has 0 aromatic heterocycles. The molecule has 1 unspecified atom stereocenters. The van der Waals surface area contributed by atoms with Crippen LogP contribution in [0.25, 0.3) is 0 Å². The van der Waals surface area contributed by atoms with E-state index in [1.807, 2.05) is 75.4 Å². The van der Waals surface area contributed by atoms with Crippen molar-refractivity contribution in [2.75, 3.05) is 0 Å². The van der Waals surface area contributed by atoms with E-state index in [0.717, 1.165) is 22.3 Å². The van der Waals surface area contributed by atoms with Crippen molar-refractivity contribution in [1.29, 1.82) is 0 Å². The maximum atomic E-state index is 13.7. The summed E-state index contributed by atoms with van der Waals surface area (Å²) < 4.78 is 0. The monoisotopic (exact) mass is 496 g/mol. The van der Waals surface area contributed by atoms with Crippen LogP contribution in [0.3, 0.4) is 0 Å². The number of rotatable bonds is 9. The molecular weight excluding hydrogens is 467 g/mol. The Labute approximate surface area is 211 Å². The van der Waals surface area contributed by atoms with Crippen molar-refractivity contribution in [3.63, 3.8) is 0 Å². The summed E-state index contributed by atoms with van der Waals surface area (Å²) in [6.07, 6.45) is 0.529. The summed E-state index contributed by atoms with van der Waals surface area (Å²) in [4.78, 5) is 28.7. The summed E-state index contributed by atoms with van der Waals surface area (Å²) in [5, 5.41) is 3.84. The molecule has 0 saturated carbocycles. The van der Waals surface area contributed by atoms with E-state index >= 15 is 0 Å². The van der Waals surface area contributed by atoms with Gasteiger partial charge in [-0.05, 0) is 49.6 Å². The lowest BCUT2D eigenvalue weighted by molar-refractivity contribution is -0.141. The third kappa shape index (κ3) is 7.34. The van der Waals surface area contributed by atoms with E-state index in [2.05, 4.69) is 5.32 Å². The molecule has 0 spiro atoms. The fraction of sp³-hybridized carbons (Fsp3) is 0.286. The van der Waals surface area contributed by atoms with E-state index < -0.39 is 6.04 Å². The molecule has 3 aromatic carbocycles. The Morgan fingerprint density at radius 1 is 0.853 bits per heavy atom. The number of nitrogens with zero attached hydrogens (tertiary/aromatic N) is 1. The van der Waals surface area contributed by atoms with Crippen LogP contribution >= 0.6 is 23.2 Å². The van der Waals surface area contributed by atoms with Gasteiger partial charge in [-0.25, -0.2) is 0 Å². The van der Waals surface area contributed by atoms with Crippen LogP contribution in [0.2, 0.25) is 10.0 Å². The first-order chi connectivity index (χ1) is 16.2. The highest BCUT2D eigenvalue weighted by atomic mass is 35.5. The van der Waals surface area contributed by atoms with E-state index in [-0.39, 0.29) is 24.3 Å². The number of hydrogen-bond acceptors (Lipinski definition) is 2. The molecule has 0 heterocycles. The van der Waals surface area contributed by atoms with Gasteiger partial charge in [0.2, 0.25) is 11.8 Å². The van der Waals surface area contributed by atoms with Crippen LogP contribution in [0.15, 0.2) is 72.8 Å². The molecule has 0 aliphatic rings. The van der Waals surface area contributed by atoms with Crippen molar-refractivity contribution in [3.05, 3.63) is 105 Å². The number of amides is 2. The van der Waals surface area contributed by atoms with Crippen molar-refractivity contribution >= 4 is 35.0 Å². The summed E-state index contributed by atoms with van der Waals surface area (Å²) in [6, 6.07) is 22.2. The van der Waals surface area contributed by atoms with Crippen LogP contribution in [0.1, 0.15) is 36.1 Å². The van der Waals surface area contributed by atoms with Gasteiger partial charge in [-0.15, -0.1) is 0 Å². The molecule has 34 heavy (non-hydrogen) atoms. The van der Waals surface area contributed by atoms with Crippen molar-refractivity contribution in [2.45, 2.75) is 52.2 Å². The summed E-state index contributed by atoms with van der Waals surface area (Å²) >= 11 is 12.2. The zero-order valence-corrected chi connectivity index (χ0v) is 21.2. The Bertz CT molecular complexity index is 1130. The van der Waals surface area contributed by atoms with Crippen molar-refractivity contribution in [1.82, 2.24) is 10.2 Å². The third-order valence-electron chi connectivity index (χ3n) is 5.48. The Kier molecular flexibility index (Phi) is 9.14. The van der Waals surface area contributed by atoms with Gasteiger partial charge in [-0.2, -0.15) is 0 Å². The standard InChI is InChI=1S/C28H30Cl2N2O2/c1-19(2)31-28(34)26(16-21-9-5-4-6-10-21)32(18-23-11-7-8-20(3)14-23)27(33)17-22-12-13-24(29)25(30)15-22/h4-15,19,26H,16-18H2,1-3H3,(H,31,34). The Balaban J connectivity index is 1.98. The van der Waals surface area contributed by atoms with Crippen LogP contribution in [0.5, 0.6) is 0 Å². The van der Waals surface area contributed by atoms with Crippen LogP contribution in [-0.4, -0.2) is 28.8 Å². The largest absolute Gasteiger partial charge is 0.352 e. The number of aryl methyl sites for hydroxylation is 1. The maximum absolute atomic E-state index is 13.7. The Hall–Kier alpha value is -2.82. The molecule has 6 heteroatoms. The number of nitrogens with one attached hydrogen (secondary N) is 1. The molecule has 0 saturated heterocycles. The van der Waals surface area contributed by atoms with Gasteiger partial charge in [0.05, 0.1) is 16.5 Å². The van der Waals surface area contributed by atoms with E-state index in [4.69, 9.17) is 23.2 Å². The zero-order chi connectivity index (χ0) is 24.7. The van der Waals surface area contributed by atoms with Gasteiger partial charge >= 0.3 is 0 Å². The van der Waals surface area contributed by atoms with Crippen LogP contribution in [0.4, 0.5) is 0 Å². The summed E-state index contributed by atoms with van der Waals surface area (Å²) in [7, 11) is 0. The van der Waals surface area contributed by atoms with Crippen LogP contribution in [-0.2, 0) is 29.0 Å². The van der Waals surface area contributed by atoms with E-state index in [1.165, 1.54) is 0 Å². The molecule has 0 fully saturated rings. The number of carbonyl (C=O) groups is 2. The third-order valence-corrected chi connectivity index (χ3v) is 6.22. The Morgan fingerprint density at radius 3 is 2.21 bits per heavy atom. The summed E-state index contributed by atoms with van der Waals surface area (Å²) in [5.41, 5.74) is 3.80. The lowest BCUT2D eigenvalue weighted by Gasteiger charge is -2.32. The van der Waals surface area contributed by atoms with Gasteiger partial charge in [0.15, 0.2) is 0 Å². The fourth-order valence-electron chi connectivity index (χ4n) is 3.87. The minimum absolute atomic E-state index is 0.0447. The highest BCUT2D eigenvalue weighted by Crippen LogP contribution is 2.24. The first-order valence-electron chi connectivity index (χ1n) is 11.4. The predicted molar refractivity (Wildman–Crippen MR) is 139 cm³/mol. The smallest absolute Gasteiger partial charge is 0.243 e. The van der Waals surface area contributed by atoms with Crippen LogP contribution < -0.4 is 5.32 Å². The number of halogens is 2. The lowest BCUT2D eigenvalue weighted by Crippen LogP contribution is -2.52. The van der Waals surface area contributed by atoms with Gasteiger partial charge in [-0.1, -0.05) is 89.4 Å². The van der Waals surface area contributed by atoms with Crippen molar-refractivity contribution < 1.29 is 9.59 Å². The highest BCUT2D eigenvalue weighted by molar-refractivity contribution is 6.42. The molecule has 0 bridgehead atoms. The fourth-order valence-corrected chi connectivity index (χ4v) is 4.19. The zero-order valence-electron chi connectivity index (χ0n) is 19.7. The molecule has 0 aliphatic heterocycles. The quantitative estimate of drug-likeness (QED) is 0.394. The predicted octanol–water partition coefficient (Wildman–Crippen LogP) is 6.01.